The molecule has 5 nitrogen and oxygen atoms in total. The van der Waals surface area contributed by atoms with Gasteiger partial charge in [-0.25, -0.2) is 0 Å². The average molecular weight is 261 g/mol. The zero-order chi connectivity index (χ0) is 12.9. The Kier molecular flexibility index (Phi) is 10.5. The Morgan fingerprint density at radius 3 is 2.67 bits per heavy atom. The minimum Gasteiger partial charge on any atom is -0.385 e. The fourth-order valence-corrected chi connectivity index (χ4v) is 1.84. The molecule has 0 amide bonds. The molecule has 1 saturated heterocycles. The molecule has 1 rings (SSSR count). The third kappa shape index (κ3) is 8.83. The van der Waals surface area contributed by atoms with E-state index in [0.717, 1.165) is 45.9 Å². The fraction of sp³-hybridized carbons (Fsp3) is 1.00. The summed E-state index contributed by atoms with van der Waals surface area (Å²) < 4.78 is 21.3. The molecule has 1 aliphatic heterocycles. The van der Waals surface area contributed by atoms with Gasteiger partial charge in [0.15, 0.2) is 0 Å². The zero-order valence-corrected chi connectivity index (χ0v) is 11.5. The molecule has 0 aliphatic carbocycles. The van der Waals surface area contributed by atoms with Crippen molar-refractivity contribution in [3.63, 3.8) is 0 Å². The second-order valence-electron chi connectivity index (χ2n) is 4.41. The highest BCUT2D eigenvalue weighted by molar-refractivity contribution is 4.66. The zero-order valence-electron chi connectivity index (χ0n) is 11.5. The van der Waals surface area contributed by atoms with Gasteiger partial charge in [0.2, 0.25) is 0 Å². The molecular weight excluding hydrogens is 234 g/mol. The molecule has 5 heteroatoms. The van der Waals surface area contributed by atoms with Gasteiger partial charge < -0.3 is 24.3 Å². The summed E-state index contributed by atoms with van der Waals surface area (Å²) in [6.45, 7) is 6.30. The SMILES string of the molecule is COCCCOCCOCCNCC1CCCO1. The van der Waals surface area contributed by atoms with Crippen LogP contribution in [0.1, 0.15) is 19.3 Å². The molecule has 0 saturated carbocycles. The lowest BCUT2D eigenvalue weighted by Gasteiger charge is -2.10. The Balaban J connectivity index is 1.68. The molecule has 1 aliphatic rings. The summed E-state index contributed by atoms with van der Waals surface area (Å²) in [5.41, 5.74) is 0. The molecule has 0 radical (unpaired) electrons. The monoisotopic (exact) mass is 261 g/mol. The van der Waals surface area contributed by atoms with Crippen LogP contribution in [0.3, 0.4) is 0 Å². The Hall–Kier alpha value is -0.200. The third-order valence-electron chi connectivity index (χ3n) is 2.83. The number of nitrogens with one attached hydrogen (secondary N) is 1. The summed E-state index contributed by atoms with van der Waals surface area (Å²) in [4.78, 5) is 0. The first-order valence-electron chi connectivity index (χ1n) is 6.90. The van der Waals surface area contributed by atoms with Crippen LogP contribution >= 0.6 is 0 Å². The van der Waals surface area contributed by atoms with Gasteiger partial charge in [0.25, 0.3) is 0 Å². The normalized spacial score (nSPS) is 19.5. The van der Waals surface area contributed by atoms with Gasteiger partial charge >= 0.3 is 0 Å². The van der Waals surface area contributed by atoms with Crippen LogP contribution in [0.15, 0.2) is 0 Å². The van der Waals surface area contributed by atoms with E-state index in [4.69, 9.17) is 18.9 Å². The molecule has 1 fully saturated rings. The number of hydrogen-bond acceptors (Lipinski definition) is 5. The highest BCUT2D eigenvalue weighted by Gasteiger charge is 2.13. The summed E-state index contributed by atoms with van der Waals surface area (Å²) in [6.07, 6.45) is 3.74. The highest BCUT2D eigenvalue weighted by Crippen LogP contribution is 2.10. The Morgan fingerprint density at radius 1 is 1.11 bits per heavy atom. The van der Waals surface area contributed by atoms with Crippen molar-refractivity contribution >= 4 is 0 Å². The van der Waals surface area contributed by atoms with Crippen LogP contribution in [0.25, 0.3) is 0 Å². The Bertz CT molecular complexity index is 174. The molecule has 1 atom stereocenters. The van der Waals surface area contributed by atoms with E-state index in [1.807, 2.05) is 0 Å². The van der Waals surface area contributed by atoms with Crippen LogP contribution in [-0.4, -0.2) is 65.9 Å². The first-order chi connectivity index (χ1) is 8.93. The van der Waals surface area contributed by atoms with E-state index in [2.05, 4.69) is 5.32 Å². The summed E-state index contributed by atoms with van der Waals surface area (Å²) in [6, 6.07) is 0. The van der Waals surface area contributed by atoms with Crippen LogP contribution in [-0.2, 0) is 18.9 Å². The number of hydrogen-bond donors (Lipinski definition) is 1. The topological polar surface area (TPSA) is 49.0 Å². The van der Waals surface area contributed by atoms with Crippen molar-refractivity contribution in [2.75, 3.05) is 59.8 Å². The summed E-state index contributed by atoms with van der Waals surface area (Å²) in [5, 5.41) is 3.34. The van der Waals surface area contributed by atoms with Gasteiger partial charge in [-0.2, -0.15) is 0 Å². The lowest BCUT2D eigenvalue weighted by molar-refractivity contribution is 0.0397. The van der Waals surface area contributed by atoms with Crippen molar-refractivity contribution in [2.24, 2.45) is 0 Å². The second-order valence-corrected chi connectivity index (χ2v) is 4.41. The molecule has 0 bridgehead atoms. The van der Waals surface area contributed by atoms with E-state index in [0.29, 0.717) is 19.3 Å². The summed E-state index contributed by atoms with van der Waals surface area (Å²) in [5.74, 6) is 0. The molecule has 1 unspecified atom stereocenters. The van der Waals surface area contributed by atoms with Crippen molar-refractivity contribution < 1.29 is 18.9 Å². The maximum atomic E-state index is 5.51. The number of ether oxygens (including phenoxy) is 4. The quantitative estimate of drug-likeness (QED) is 0.527. The average Bonchev–Trinajstić information content (AvgIpc) is 2.89. The molecule has 0 aromatic carbocycles. The van der Waals surface area contributed by atoms with Gasteiger partial charge in [0.1, 0.15) is 0 Å². The lowest BCUT2D eigenvalue weighted by atomic mass is 10.2. The first kappa shape index (κ1) is 15.9. The van der Waals surface area contributed by atoms with Gasteiger partial charge in [-0.15, -0.1) is 0 Å². The molecule has 0 aromatic rings. The van der Waals surface area contributed by atoms with E-state index >= 15 is 0 Å². The largest absolute Gasteiger partial charge is 0.385 e. The lowest BCUT2D eigenvalue weighted by Crippen LogP contribution is -2.29. The van der Waals surface area contributed by atoms with E-state index < -0.39 is 0 Å². The molecule has 0 spiro atoms. The third-order valence-corrected chi connectivity index (χ3v) is 2.83. The second kappa shape index (κ2) is 11.9. The molecule has 108 valence electrons. The highest BCUT2D eigenvalue weighted by atomic mass is 16.5. The van der Waals surface area contributed by atoms with E-state index in [9.17, 15) is 0 Å². The van der Waals surface area contributed by atoms with Gasteiger partial charge in [-0.3, -0.25) is 0 Å². The predicted molar refractivity (Wildman–Crippen MR) is 70.0 cm³/mol. The predicted octanol–water partition coefficient (Wildman–Crippen LogP) is 0.825. The van der Waals surface area contributed by atoms with Crippen LogP contribution in [0.4, 0.5) is 0 Å². The molecule has 1 N–H and O–H groups in total. The standard InChI is InChI=1S/C13H27NO4/c1-15-6-3-7-16-10-11-17-9-5-14-12-13-4-2-8-18-13/h13-14H,2-12H2,1H3. The molecule has 1 heterocycles. The van der Waals surface area contributed by atoms with Gasteiger partial charge in [0.05, 0.1) is 25.9 Å². The van der Waals surface area contributed by atoms with Crippen molar-refractivity contribution in [3.8, 4) is 0 Å². The van der Waals surface area contributed by atoms with Gasteiger partial charge in [-0.1, -0.05) is 0 Å². The molecule has 18 heavy (non-hydrogen) atoms. The maximum absolute atomic E-state index is 5.51. The maximum Gasteiger partial charge on any atom is 0.0701 e. The van der Waals surface area contributed by atoms with Crippen LogP contribution in [0, 0.1) is 0 Å². The Morgan fingerprint density at radius 2 is 1.94 bits per heavy atom. The van der Waals surface area contributed by atoms with Gasteiger partial charge in [-0.05, 0) is 19.3 Å². The summed E-state index contributed by atoms with van der Waals surface area (Å²) >= 11 is 0. The van der Waals surface area contributed by atoms with Crippen molar-refractivity contribution in [1.29, 1.82) is 0 Å². The van der Waals surface area contributed by atoms with Crippen molar-refractivity contribution in [3.05, 3.63) is 0 Å². The van der Waals surface area contributed by atoms with E-state index in [-0.39, 0.29) is 0 Å². The van der Waals surface area contributed by atoms with Crippen LogP contribution in [0.2, 0.25) is 0 Å². The minimum absolute atomic E-state index is 0.411. The fourth-order valence-electron chi connectivity index (χ4n) is 1.84. The smallest absolute Gasteiger partial charge is 0.0701 e. The van der Waals surface area contributed by atoms with Gasteiger partial charge in [0, 0.05) is 40.0 Å². The van der Waals surface area contributed by atoms with Crippen LogP contribution < -0.4 is 5.32 Å². The molecule has 0 aromatic heterocycles. The number of rotatable bonds is 12. The van der Waals surface area contributed by atoms with Crippen molar-refractivity contribution in [1.82, 2.24) is 5.32 Å². The first-order valence-corrected chi connectivity index (χ1v) is 6.90. The molecular formula is C13H27NO4. The van der Waals surface area contributed by atoms with Crippen LogP contribution in [0.5, 0.6) is 0 Å². The number of methoxy groups -OCH3 is 1. The van der Waals surface area contributed by atoms with E-state index in [1.54, 1.807) is 7.11 Å². The van der Waals surface area contributed by atoms with E-state index in [1.165, 1.54) is 12.8 Å². The minimum atomic E-state index is 0.411. The summed E-state index contributed by atoms with van der Waals surface area (Å²) in [7, 11) is 1.70. The van der Waals surface area contributed by atoms with Crippen molar-refractivity contribution in [2.45, 2.75) is 25.4 Å². The Labute approximate surface area is 110 Å².